The number of rotatable bonds is 3. The Morgan fingerprint density at radius 3 is 2.76 bits per heavy atom. The van der Waals surface area contributed by atoms with Crippen LogP contribution in [0.15, 0.2) is 24.3 Å². The number of carbonyl (C=O) groups is 2. The summed E-state index contributed by atoms with van der Waals surface area (Å²) in [4.78, 5) is 26.1. The van der Waals surface area contributed by atoms with Crippen molar-refractivity contribution in [1.29, 1.82) is 0 Å². The second-order valence-corrected chi connectivity index (χ2v) is 5.54. The number of benzene rings is 1. The quantitative estimate of drug-likeness (QED) is 0.914. The summed E-state index contributed by atoms with van der Waals surface area (Å²) in [6.07, 6.45) is 0.0391. The van der Waals surface area contributed by atoms with Crippen molar-refractivity contribution >= 4 is 11.8 Å². The van der Waals surface area contributed by atoms with Gasteiger partial charge in [-0.2, -0.15) is 0 Å². The zero-order chi connectivity index (χ0) is 15.4. The van der Waals surface area contributed by atoms with E-state index in [1.54, 1.807) is 11.0 Å². The SMILES string of the molecule is Cc1ccccc1C(=O)NCC(=O)N1CC(C)OCC1C. The van der Waals surface area contributed by atoms with Crippen LogP contribution in [0.1, 0.15) is 29.8 Å². The molecular weight excluding hydrogens is 268 g/mol. The van der Waals surface area contributed by atoms with Crippen LogP contribution in [0, 0.1) is 6.92 Å². The molecule has 1 saturated heterocycles. The van der Waals surface area contributed by atoms with Crippen molar-refractivity contribution in [2.45, 2.75) is 32.9 Å². The van der Waals surface area contributed by atoms with Gasteiger partial charge in [-0.3, -0.25) is 9.59 Å². The molecule has 1 aromatic rings. The van der Waals surface area contributed by atoms with Gasteiger partial charge in [0.25, 0.3) is 5.91 Å². The first-order valence-electron chi connectivity index (χ1n) is 7.24. The molecule has 0 saturated carbocycles. The topological polar surface area (TPSA) is 58.6 Å². The Bertz CT molecular complexity index is 530. The number of amides is 2. The average molecular weight is 290 g/mol. The Labute approximate surface area is 125 Å². The van der Waals surface area contributed by atoms with E-state index in [-0.39, 0.29) is 30.5 Å². The first-order chi connectivity index (χ1) is 9.99. The third-order valence-electron chi connectivity index (χ3n) is 3.72. The molecule has 21 heavy (non-hydrogen) atoms. The lowest BCUT2D eigenvalue weighted by Gasteiger charge is -2.36. The molecule has 5 nitrogen and oxygen atoms in total. The number of morpholine rings is 1. The Morgan fingerprint density at radius 2 is 2.05 bits per heavy atom. The van der Waals surface area contributed by atoms with E-state index in [9.17, 15) is 9.59 Å². The molecule has 0 spiro atoms. The Balaban J connectivity index is 1.92. The lowest BCUT2D eigenvalue weighted by atomic mass is 10.1. The second-order valence-electron chi connectivity index (χ2n) is 5.54. The first-order valence-corrected chi connectivity index (χ1v) is 7.24. The fourth-order valence-electron chi connectivity index (χ4n) is 2.43. The molecule has 1 aliphatic heterocycles. The summed E-state index contributed by atoms with van der Waals surface area (Å²) in [5.41, 5.74) is 1.50. The van der Waals surface area contributed by atoms with Crippen LogP contribution in [0.4, 0.5) is 0 Å². The van der Waals surface area contributed by atoms with Gasteiger partial charge in [-0.1, -0.05) is 18.2 Å². The summed E-state index contributed by atoms with van der Waals surface area (Å²) in [6.45, 7) is 6.90. The molecule has 0 aromatic heterocycles. The van der Waals surface area contributed by atoms with Crippen LogP contribution in [0.5, 0.6) is 0 Å². The molecule has 2 rings (SSSR count). The van der Waals surface area contributed by atoms with Crippen molar-refractivity contribution in [2.24, 2.45) is 0 Å². The Morgan fingerprint density at radius 1 is 1.33 bits per heavy atom. The molecule has 1 heterocycles. The average Bonchev–Trinajstić information content (AvgIpc) is 2.47. The van der Waals surface area contributed by atoms with Gasteiger partial charge in [0.05, 0.1) is 25.3 Å². The Hall–Kier alpha value is -1.88. The minimum Gasteiger partial charge on any atom is -0.375 e. The highest BCUT2D eigenvalue weighted by atomic mass is 16.5. The minimum atomic E-state index is -0.213. The fraction of sp³-hybridized carbons (Fsp3) is 0.500. The van der Waals surface area contributed by atoms with Gasteiger partial charge >= 0.3 is 0 Å². The number of nitrogens with zero attached hydrogens (tertiary/aromatic N) is 1. The van der Waals surface area contributed by atoms with Gasteiger partial charge in [-0.15, -0.1) is 0 Å². The number of ether oxygens (including phenoxy) is 1. The molecule has 1 aliphatic rings. The molecule has 2 unspecified atom stereocenters. The molecule has 0 aliphatic carbocycles. The van der Waals surface area contributed by atoms with Crippen LogP contribution in [-0.4, -0.2) is 48.6 Å². The van der Waals surface area contributed by atoms with Gasteiger partial charge in [-0.25, -0.2) is 0 Å². The predicted octanol–water partition coefficient (Wildman–Crippen LogP) is 1.36. The van der Waals surface area contributed by atoms with Gasteiger partial charge in [0.2, 0.25) is 5.91 Å². The van der Waals surface area contributed by atoms with Crippen LogP contribution in [0.25, 0.3) is 0 Å². The van der Waals surface area contributed by atoms with Crippen LogP contribution < -0.4 is 5.32 Å². The normalized spacial score (nSPS) is 22.0. The van der Waals surface area contributed by atoms with Gasteiger partial charge in [0.15, 0.2) is 0 Å². The Kier molecular flexibility index (Phi) is 4.96. The van der Waals surface area contributed by atoms with E-state index < -0.39 is 0 Å². The summed E-state index contributed by atoms with van der Waals surface area (Å²) < 4.78 is 5.50. The van der Waals surface area contributed by atoms with Crippen molar-refractivity contribution in [1.82, 2.24) is 10.2 Å². The second kappa shape index (κ2) is 6.72. The summed E-state index contributed by atoms with van der Waals surface area (Å²) in [6, 6.07) is 7.38. The highest BCUT2D eigenvalue weighted by molar-refractivity contribution is 5.97. The van der Waals surface area contributed by atoms with Crippen molar-refractivity contribution < 1.29 is 14.3 Å². The van der Waals surface area contributed by atoms with E-state index >= 15 is 0 Å². The third-order valence-corrected chi connectivity index (χ3v) is 3.72. The number of nitrogens with one attached hydrogen (secondary N) is 1. The van der Waals surface area contributed by atoms with Crippen molar-refractivity contribution in [3.63, 3.8) is 0 Å². The number of carbonyl (C=O) groups excluding carboxylic acids is 2. The monoisotopic (exact) mass is 290 g/mol. The van der Waals surface area contributed by atoms with Gasteiger partial charge in [-0.05, 0) is 32.4 Å². The molecule has 114 valence electrons. The highest BCUT2D eigenvalue weighted by Gasteiger charge is 2.27. The molecule has 1 N–H and O–H groups in total. The largest absolute Gasteiger partial charge is 0.375 e. The summed E-state index contributed by atoms with van der Waals surface area (Å²) in [7, 11) is 0. The van der Waals surface area contributed by atoms with Crippen molar-refractivity contribution in [2.75, 3.05) is 19.7 Å². The zero-order valence-electron chi connectivity index (χ0n) is 12.8. The van der Waals surface area contributed by atoms with Crippen LogP contribution in [0.3, 0.4) is 0 Å². The first kappa shape index (κ1) is 15.5. The molecule has 5 heteroatoms. The maximum absolute atomic E-state index is 12.2. The number of hydrogen-bond acceptors (Lipinski definition) is 3. The summed E-state index contributed by atoms with van der Waals surface area (Å²) in [5, 5.41) is 2.70. The predicted molar refractivity (Wildman–Crippen MR) is 80.1 cm³/mol. The maximum Gasteiger partial charge on any atom is 0.251 e. The van der Waals surface area contributed by atoms with Crippen molar-refractivity contribution in [3.8, 4) is 0 Å². The van der Waals surface area contributed by atoms with Crippen LogP contribution in [-0.2, 0) is 9.53 Å². The summed E-state index contributed by atoms with van der Waals surface area (Å²) in [5.74, 6) is -0.282. The molecule has 0 radical (unpaired) electrons. The van der Waals surface area contributed by atoms with Crippen LogP contribution >= 0.6 is 0 Å². The van der Waals surface area contributed by atoms with Gasteiger partial charge in [0, 0.05) is 12.1 Å². The zero-order valence-corrected chi connectivity index (χ0v) is 12.8. The van der Waals surface area contributed by atoms with E-state index in [0.29, 0.717) is 18.7 Å². The van der Waals surface area contributed by atoms with Gasteiger partial charge in [0.1, 0.15) is 0 Å². The van der Waals surface area contributed by atoms with E-state index in [0.717, 1.165) is 5.56 Å². The third kappa shape index (κ3) is 3.82. The molecule has 2 amide bonds. The summed E-state index contributed by atoms with van der Waals surface area (Å²) >= 11 is 0. The molecular formula is C16H22N2O3. The van der Waals surface area contributed by atoms with E-state index in [4.69, 9.17) is 4.74 Å². The van der Waals surface area contributed by atoms with E-state index in [1.807, 2.05) is 39.0 Å². The smallest absolute Gasteiger partial charge is 0.251 e. The standard InChI is InChI=1S/C16H22N2O3/c1-11-6-4-5-7-14(11)16(20)17-8-15(19)18-9-13(3)21-10-12(18)2/h4-7,12-13H,8-10H2,1-3H3,(H,17,20). The van der Waals surface area contributed by atoms with E-state index in [1.165, 1.54) is 0 Å². The highest BCUT2D eigenvalue weighted by Crippen LogP contribution is 2.11. The molecule has 2 atom stereocenters. The fourth-order valence-corrected chi connectivity index (χ4v) is 2.43. The number of aryl methyl sites for hydroxylation is 1. The minimum absolute atomic E-state index is 0.0181. The number of hydrogen-bond donors (Lipinski definition) is 1. The van der Waals surface area contributed by atoms with Gasteiger partial charge < -0.3 is 15.0 Å². The van der Waals surface area contributed by atoms with Crippen molar-refractivity contribution in [3.05, 3.63) is 35.4 Å². The maximum atomic E-state index is 12.2. The molecule has 1 fully saturated rings. The lowest BCUT2D eigenvalue weighted by Crippen LogP contribution is -2.52. The molecule has 1 aromatic carbocycles. The van der Waals surface area contributed by atoms with Crippen LogP contribution in [0.2, 0.25) is 0 Å². The van der Waals surface area contributed by atoms with E-state index in [2.05, 4.69) is 5.32 Å². The molecule has 0 bridgehead atoms. The lowest BCUT2D eigenvalue weighted by molar-refractivity contribution is -0.142.